The maximum Gasteiger partial charge on any atom is 0.336 e. The fraction of sp³-hybridized carbons (Fsp3) is 0.355. The second-order valence-electron chi connectivity index (χ2n) is 11.3. The van der Waals surface area contributed by atoms with E-state index in [1.54, 1.807) is 0 Å². The van der Waals surface area contributed by atoms with Crippen molar-refractivity contribution < 1.29 is 19.8 Å². The largest absolute Gasteiger partial charge is 0.478 e. The molecule has 6 nitrogen and oxygen atoms in total. The Morgan fingerprint density at radius 1 is 0.865 bits per heavy atom. The molecule has 0 amide bonds. The van der Waals surface area contributed by atoms with E-state index in [0.717, 1.165) is 54.0 Å². The summed E-state index contributed by atoms with van der Waals surface area (Å²) >= 11 is 0. The first-order chi connectivity index (χ1) is 17.6. The molecule has 0 aromatic heterocycles. The van der Waals surface area contributed by atoms with Gasteiger partial charge in [-0.3, -0.25) is 4.90 Å². The van der Waals surface area contributed by atoms with Crippen molar-refractivity contribution in [3.63, 3.8) is 0 Å². The van der Waals surface area contributed by atoms with Crippen molar-refractivity contribution in [2.75, 3.05) is 31.1 Å². The first kappa shape index (κ1) is 23.7. The normalized spacial score (nSPS) is 24.0. The highest BCUT2D eigenvalue weighted by Gasteiger charge is 2.43. The Morgan fingerprint density at radius 2 is 1.59 bits per heavy atom. The molecule has 6 rings (SSSR count). The first-order valence-corrected chi connectivity index (χ1v) is 13.0. The van der Waals surface area contributed by atoms with Gasteiger partial charge >= 0.3 is 11.9 Å². The topological polar surface area (TPSA) is 81.1 Å². The van der Waals surface area contributed by atoms with E-state index in [2.05, 4.69) is 67.0 Å². The number of carboxylic acid groups (broad SMARTS) is 2. The van der Waals surface area contributed by atoms with Crippen molar-refractivity contribution in [1.82, 2.24) is 4.90 Å². The Kier molecular flexibility index (Phi) is 5.25. The van der Waals surface area contributed by atoms with Gasteiger partial charge in [-0.15, -0.1) is 0 Å². The van der Waals surface area contributed by atoms with Gasteiger partial charge in [0.05, 0.1) is 16.7 Å². The fourth-order valence-electron chi connectivity index (χ4n) is 6.18. The number of rotatable bonds is 5. The van der Waals surface area contributed by atoms with E-state index >= 15 is 0 Å². The molecule has 2 heterocycles. The molecule has 0 bridgehead atoms. The zero-order chi connectivity index (χ0) is 26.1. The number of hydrogen-bond donors (Lipinski definition) is 2. The number of carboxylic acids is 2. The highest BCUT2D eigenvalue weighted by atomic mass is 16.4. The highest BCUT2D eigenvalue weighted by molar-refractivity contribution is 6.03. The van der Waals surface area contributed by atoms with Crippen LogP contribution in [0.15, 0.2) is 65.8 Å². The van der Waals surface area contributed by atoms with Crippen LogP contribution in [0.3, 0.4) is 0 Å². The lowest BCUT2D eigenvalue weighted by Gasteiger charge is -2.48. The summed E-state index contributed by atoms with van der Waals surface area (Å²) in [5.74, 6) is -2.15. The quantitative estimate of drug-likeness (QED) is 0.581. The third kappa shape index (κ3) is 3.57. The molecule has 0 radical (unpaired) electrons. The maximum atomic E-state index is 12.4. The van der Waals surface area contributed by atoms with Crippen LogP contribution in [0.2, 0.25) is 0 Å². The predicted octanol–water partition coefficient (Wildman–Crippen LogP) is 5.35. The first-order valence-electron chi connectivity index (χ1n) is 13.0. The molecule has 2 fully saturated rings. The lowest BCUT2D eigenvalue weighted by Crippen LogP contribution is -2.52. The Labute approximate surface area is 217 Å². The molecule has 1 unspecified atom stereocenters. The predicted molar refractivity (Wildman–Crippen MR) is 144 cm³/mol. The Hall–Kier alpha value is -3.64. The second-order valence-corrected chi connectivity index (χ2v) is 11.3. The van der Waals surface area contributed by atoms with Gasteiger partial charge in [0, 0.05) is 37.3 Å². The number of nitrogens with zero attached hydrogens (tertiary/aromatic N) is 2. The minimum Gasteiger partial charge on any atom is -0.478 e. The average molecular weight is 497 g/mol. The molecule has 2 N–H and O–H groups in total. The third-order valence-electron chi connectivity index (χ3n) is 8.73. The number of fused-ring (bicyclic) bond motifs is 2. The molecule has 0 spiro atoms. The molecule has 2 aromatic rings. The van der Waals surface area contributed by atoms with Gasteiger partial charge in [-0.25, -0.2) is 9.59 Å². The molecular formula is C31H32N2O4. The fourth-order valence-corrected chi connectivity index (χ4v) is 6.18. The van der Waals surface area contributed by atoms with Crippen LogP contribution in [0.1, 0.15) is 71.0 Å². The van der Waals surface area contributed by atoms with Crippen LogP contribution in [0.25, 0.3) is 5.57 Å². The number of hydrogen-bond acceptors (Lipinski definition) is 4. The van der Waals surface area contributed by atoms with Crippen molar-refractivity contribution in [2.45, 2.75) is 44.6 Å². The highest BCUT2D eigenvalue weighted by Crippen LogP contribution is 2.53. The monoisotopic (exact) mass is 496 g/mol. The lowest BCUT2D eigenvalue weighted by molar-refractivity contribution is 0.0681. The summed E-state index contributed by atoms with van der Waals surface area (Å²) < 4.78 is 0. The zero-order valence-electron chi connectivity index (χ0n) is 21.5. The van der Waals surface area contributed by atoms with Crippen molar-refractivity contribution in [2.24, 2.45) is 0 Å². The number of anilines is 1. The van der Waals surface area contributed by atoms with E-state index in [0.29, 0.717) is 5.56 Å². The van der Waals surface area contributed by atoms with Crippen molar-refractivity contribution in [3.05, 3.63) is 93.6 Å². The molecule has 37 heavy (non-hydrogen) atoms. The van der Waals surface area contributed by atoms with Crippen LogP contribution in [0.4, 0.5) is 5.69 Å². The van der Waals surface area contributed by atoms with E-state index in [4.69, 9.17) is 0 Å². The number of carbonyl (C=O) groups is 2. The lowest BCUT2D eigenvalue weighted by atomic mass is 9.62. The summed E-state index contributed by atoms with van der Waals surface area (Å²) in [5, 5.41) is 19.9. The van der Waals surface area contributed by atoms with Gasteiger partial charge in [-0.05, 0) is 83.5 Å². The standard InChI is InChI=1S/C31H32N2O4/c1-30(2)25-17-20(32-12-4-13-32)7-9-22(25)27(24-16-19(28(34)35)6-8-21(24)29(36)37)23-10-11-31(3,18-26(23)30)33-14-5-15-33/h6-11,16-18H,4-5,12-15H2,1-3H3,(H,34,35)(H,36,37). The summed E-state index contributed by atoms with van der Waals surface area (Å²) in [6.45, 7) is 10.9. The zero-order valence-corrected chi connectivity index (χ0v) is 21.5. The number of benzene rings is 2. The summed E-state index contributed by atoms with van der Waals surface area (Å²) in [6.07, 6.45) is 9.07. The van der Waals surface area contributed by atoms with Gasteiger partial charge in [0.1, 0.15) is 0 Å². The van der Waals surface area contributed by atoms with Crippen LogP contribution in [-0.4, -0.2) is 58.8 Å². The number of aromatic carboxylic acids is 2. The van der Waals surface area contributed by atoms with Gasteiger partial charge in [0.2, 0.25) is 0 Å². The van der Waals surface area contributed by atoms with Gasteiger partial charge < -0.3 is 15.1 Å². The number of likely N-dealkylation sites (tertiary alicyclic amines) is 1. The minimum absolute atomic E-state index is 0.0763. The molecule has 190 valence electrons. The van der Waals surface area contributed by atoms with Crippen LogP contribution < -0.4 is 4.90 Å². The van der Waals surface area contributed by atoms with Crippen LogP contribution >= 0.6 is 0 Å². The summed E-state index contributed by atoms with van der Waals surface area (Å²) in [7, 11) is 0. The van der Waals surface area contributed by atoms with Crippen LogP contribution in [0, 0.1) is 0 Å². The molecule has 6 heteroatoms. The average Bonchev–Trinajstić information content (AvgIpc) is 2.77. The summed E-state index contributed by atoms with van der Waals surface area (Å²) in [4.78, 5) is 29.1. The van der Waals surface area contributed by atoms with Gasteiger partial charge in [0.25, 0.3) is 0 Å². The van der Waals surface area contributed by atoms with Gasteiger partial charge in [-0.1, -0.05) is 38.1 Å². The molecule has 2 aromatic carbocycles. The molecule has 4 aliphatic rings. The van der Waals surface area contributed by atoms with Crippen LogP contribution in [-0.2, 0) is 5.41 Å². The second kappa shape index (κ2) is 8.18. The third-order valence-corrected chi connectivity index (χ3v) is 8.73. The molecule has 2 aliphatic carbocycles. The number of allylic oxidation sites excluding steroid dienone is 3. The van der Waals surface area contributed by atoms with Crippen molar-refractivity contribution >= 4 is 23.2 Å². The van der Waals surface area contributed by atoms with E-state index in [1.165, 1.54) is 36.7 Å². The maximum absolute atomic E-state index is 12.4. The minimum atomic E-state index is -1.08. The van der Waals surface area contributed by atoms with E-state index in [-0.39, 0.29) is 22.1 Å². The molecule has 2 aliphatic heterocycles. The molecule has 2 saturated heterocycles. The smallest absolute Gasteiger partial charge is 0.336 e. The molecule has 1 atom stereocenters. The van der Waals surface area contributed by atoms with E-state index < -0.39 is 11.9 Å². The Bertz CT molecular complexity index is 1440. The van der Waals surface area contributed by atoms with Gasteiger partial charge in [-0.2, -0.15) is 0 Å². The Morgan fingerprint density at radius 3 is 2.19 bits per heavy atom. The van der Waals surface area contributed by atoms with E-state index in [1.807, 2.05) is 0 Å². The summed E-state index contributed by atoms with van der Waals surface area (Å²) in [5.41, 5.74) is 6.28. The van der Waals surface area contributed by atoms with Gasteiger partial charge in [0.15, 0.2) is 0 Å². The van der Waals surface area contributed by atoms with Crippen molar-refractivity contribution in [1.29, 1.82) is 0 Å². The summed E-state index contributed by atoms with van der Waals surface area (Å²) in [6, 6.07) is 10.8. The Balaban J connectivity index is 1.65. The van der Waals surface area contributed by atoms with Crippen molar-refractivity contribution in [3.8, 4) is 0 Å². The molecular weight excluding hydrogens is 464 g/mol. The molecule has 0 saturated carbocycles. The van der Waals surface area contributed by atoms with Crippen LogP contribution in [0.5, 0.6) is 0 Å². The SMILES string of the molecule is CC1(C)C2=CC(C)(N3CCC3)C=CC2=C(c2cc(C(=O)O)ccc2C(=O)O)c2ccc(N3CCC3)cc21. The van der Waals surface area contributed by atoms with E-state index in [9.17, 15) is 19.8 Å².